The maximum atomic E-state index is 12.2. The zero-order valence-corrected chi connectivity index (χ0v) is 15.3. The minimum absolute atomic E-state index is 0.0723. The van der Waals surface area contributed by atoms with Crippen molar-refractivity contribution in [3.05, 3.63) is 89.0 Å². The van der Waals surface area contributed by atoms with Crippen molar-refractivity contribution in [3.8, 4) is 11.6 Å². The van der Waals surface area contributed by atoms with Gasteiger partial charge in [0.15, 0.2) is 0 Å². The number of aliphatic imine (C=N–C) groups is 1. The highest BCUT2D eigenvalue weighted by molar-refractivity contribution is 6.33. The lowest BCUT2D eigenvalue weighted by Gasteiger charge is -2.10. The Morgan fingerprint density at radius 2 is 1.86 bits per heavy atom. The second-order valence-corrected chi connectivity index (χ2v) is 6.25. The molecule has 0 fully saturated rings. The quantitative estimate of drug-likeness (QED) is 0.380. The molecule has 11 heteroatoms. The Kier molecular flexibility index (Phi) is 5.30. The third-order valence-corrected chi connectivity index (χ3v) is 4.32. The van der Waals surface area contributed by atoms with E-state index in [1.807, 2.05) is 0 Å². The minimum atomic E-state index is -0.894. The normalized spacial score (nSPS) is 11.1. The number of aromatic nitrogens is 2. The average Bonchev–Trinajstić information content (AvgIpc) is 2.63. The van der Waals surface area contributed by atoms with Crippen molar-refractivity contribution in [1.29, 1.82) is 0 Å². The first-order chi connectivity index (χ1) is 13.3. The molecule has 0 radical (unpaired) electrons. The van der Waals surface area contributed by atoms with Crippen molar-refractivity contribution in [3.63, 3.8) is 0 Å². The third kappa shape index (κ3) is 3.66. The van der Waals surface area contributed by atoms with E-state index in [0.29, 0.717) is 0 Å². The largest absolute Gasteiger partial charge is 0.493 e. The summed E-state index contributed by atoms with van der Waals surface area (Å²) in [4.78, 5) is 40.5. The second-order valence-electron chi connectivity index (χ2n) is 5.43. The van der Waals surface area contributed by atoms with E-state index >= 15 is 0 Å². The van der Waals surface area contributed by atoms with Crippen LogP contribution in [0.25, 0.3) is 5.69 Å². The van der Waals surface area contributed by atoms with E-state index in [1.165, 1.54) is 24.3 Å². The summed E-state index contributed by atoms with van der Waals surface area (Å²) in [6.07, 6.45) is 0.980. The average molecular weight is 421 g/mol. The predicted molar refractivity (Wildman–Crippen MR) is 105 cm³/mol. The zero-order valence-electron chi connectivity index (χ0n) is 13.8. The van der Waals surface area contributed by atoms with E-state index in [-0.39, 0.29) is 32.7 Å². The molecule has 0 aliphatic carbocycles. The van der Waals surface area contributed by atoms with E-state index in [1.54, 1.807) is 12.1 Å². The molecule has 0 saturated heterocycles. The molecule has 0 bridgehead atoms. The van der Waals surface area contributed by atoms with Crippen LogP contribution in [-0.2, 0) is 0 Å². The lowest BCUT2D eigenvalue weighted by Crippen LogP contribution is -2.31. The summed E-state index contributed by atoms with van der Waals surface area (Å²) in [7, 11) is 0. The van der Waals surface area contributed by atoms with Gasteiger partial charge in [-0.25, -0.2) is 9.36 Å². The summed E-state index contributed by atoms with van der Waals surface area (Å²) in [6, 6.07) is 9.99. The number of H-pyrrole nitrogens is 1. The van der Waals surface area contributed by atoms with Crippen molar-refractivity contribution in [2.24, 2.45) is 4.99 Å². The molecule has 0 amide bonds. The van der Waals surface area contributed by atoms with Gasteiger partial charge in [0, 0.05) is 12.3 Å². The van der Waals surface area contributed by atoms with E-state index in [4.69, 9.17) is 23.2 Å². The fraction of sp³-hybridized carbons (Fsp3) is 0. The number of nitro groups is 1. The molecule has 3 rings (SSSR count). The van der Waals surface area contributed by atoms with Crippen LogP contribution in [0.2, 0.25) is 10.0 Å². The Hall–Kier alpha value is -3.43. The summed E-state index contributed by atoms with van der Waals surface area (Å²) < 4.78 is 0.815. The van der Waals surface area contributed by atoms with Crippen LogP contribution in [-0.4, -0.2) is 25.8 Å². The molecule has 2 aromatic carbocycles. The number of nitrogens with zero attached hydrogens (tertiary/aromatic N) is 3. The van der Waals surface area contributed by atoms with Crippen molar-refractivity contribution in [2.75, 3.05) is 0 Å². The van der Waals surface area contributed by atoms with Gasteiger partial charge in [0.2, 0.25) is 5.88 Å². The second kappa shape index (κ2) is 7.67. The number of hydrogen-bond donors (Lipinski definition) is 2. The molecule has 0 aliphatic heterocycles. The third-order valence-electron chi connectivity index (χ3n) is 3.68. The monoisotopic (exact) mass is 420 g/mol. The van der Waals surface area contributed by atoms with E-state index in [2.05, 4.69) is 9.98 Å². The van der Waals surface area contributed by atoms with Crippen LogP contribution in [0.15, 0.2) is 57.0 Å². The molecule has 0 atom stereocenters. The van der Waals surface area contributed by atoms with Crippen LogP contribution < -0.4 is 11.2 Å². The van der Waals surface area contributed by atoms with Crippen molar-refractivity contribution in [1.82, 2.24) is 9.55 Å². The van der Waals surface area contributed by atoms with Gasteiger partial charge in [0.1, 0.15) is 10.6 Å². The van der Waals surface area contributed by atoms with Gasteiger partial charge < -0.3 is 5.11 Å². The van der Waals surface area contributed by atoms with Crippen LogP contribution in [0.5, 0.6) is 5.88 Å². The molecule has 1 aromatic heterocycles. The number of nitrogens with one attached hydrogen (secondary N) is 1. The van der Waals surface area contributed by atoms with Crippen molar-refractivity contribution in [2.45, 2.75) is 0 Å². The Balaban J connectivity index is 2.13. The van der Waals surface area contributed by atoms with Crippen LogP contribution in [0.3, 0.4) is 0 Å². The van der Waals surface area contributed by atoms with Crippen molar-refractivity contribution >= 4 is 40.8 Å². The predicted octanol–water partition coefficient (Wildman–Crippen LogP) is 3.20. The van der Waals surface area contributed by atoms with Gasteiger partial charge in [0.25, 0.3) is 11.2 Å². The number of para-hydroxylation sites is 1. The smallest absolute Gasteiger partial charge is 0.335 e. The lowest BCUT2D eigenvalue weighted by molar-refractivity contribution is -0.384. The number of rotatable bonds is 4. The first-order valence-corrected chi connectivity index (χ1v) is 8.36. The molecular weight excluding hydrogens is 411 g/mol. The lowest BCUT2D eigenvalue weighted by atomic mass is 10.2. The molecule has 0 aliphatic rings. The molecule has 142 valence electrons. The molecule has 0 spiro atoms. The molecule has 0 unspecified atom stereocenters. The highest BCUT2D eigenvalue weighted by Gasteiger charge is 2.16. The fourth-order valence-corrected chi connectivity index (χ4v) is 2.78. The van der Waals surface area contributed by atoms with Gasteiger partial charge in [-0.3, -0.25) is 24.9 Å². The maximum absolute atomic E-state index is 12.2. The number of hydrogen-bond acceptors (Lipinski definition) is 6. The first kappa shape index (κ1) is 19.3. The van der Waals surface area contributed by atoms with Crippen LogP contribution in [0.4, 0.5) is 11.4 Å². The van der Waals surface area contributed by atoms with Gasteiger partial charge in [-0.2, -0.15) is 0 Å². The molecule has 0 saturated carbocycles. The Labute approximate surface area is 166 Å². The molecule has 2 N–H and O–H groups in total. The molecular formula is C17H10Cl2N4O5. The zero-order chi connectivity index (χ0) is 20.4. The van der Waals surface area contributed by atoms with E-state index in [0.717, 1.165) is 16.8 Å². The summed E-state index contributed by atoms with van der Waals surface area (Å²) in [6.45, 7) is 0. The maximum Gasteiger partial charge on any atom is 0.335 e. The van der Waals surface area contributed by atoms with E-state index in [9.17, 15) is 24.8 Å². The summed E-state index contributed by atoms with van der Waals surface area (Å²) in [5.41, 5.74) is -2.22. The van der Waals surface area contributed by atoms with Gasteiger partial charge in [-0.15, -0.1) is 0 Å². The number of nitro benzene ring substituents is 1. The molecule has 1 heterocycles. The van der Waals surface area contributed by atoms with Gasteiger partial charge >= 0.3 is 5.69 Å². The highest BCUT2D eigenvalue weighted by atomic mass is 35.5. The summed E-state index contributed by atoms with van der Waals surface area (Å²) in [5.74, 6) is -0.686. The highest BCUT2D eigenvalue weighted by Crippen LogP contribution is 2.29. The Morgan fingerprint density at radius 3 is 2.54 bits per heavy atom. The van der Waals surface area contributed by atoms with Crippen molar-refractivity contribution < 1.29 is 10.0 Å². The van der Waals surface area contributed by atoms with Gasteiger partial charge in [-0.05, 0) is 24.3 Å². The molecule has 28 heavy (non-hydrogen) atoms. The van der Waals surface area contributed by atoms with E-state index < -0.39 is 22.1 Å². The number of halogens is 2. The summed E-state index contributed by atoms with van der Waals surface area (Å²) >= 11 is 11.8. The minimum Gasteiger partial charge on any atom is -0.493 e. The molecule has 9 nitrogen and oxygen atoms in total. The standard InChI is InChI=1S/C17H10Cl2N4O5/c18-11-3-1-2-4-13(11)22-16(25)10(15(24)21-17(22)26)8-20-9-5-6-12(19)14(7-9)23(27)28/h1-8,25H,(H,21,24,26). The number of aromatic amines is 1. The van der Waals surface area contributed by atoms with Crippen LogP contribution >= 0.6 is 23.2 Å². The Morgan fingerprint density at radius 1 is 1.14 bits per heavy atom. The SMILES string of the molecule is O=c1[nH]c(=O)n(-c2ccccc2Cl)c(O)c1C=Nc1ccc(Cl)c([N+](=O)[O-])c1. The summed E-state index contributed by atoms with van der Waals surface area (Å²) in [5, 5.41) is 21.5. The van der Waals surface area contributed by atoms with Gasteiger partial charge in [-0.1, -0.05) is 35.3 Å². The van der Waals surface area contributed by atoms with Crippen LogP contribution in [0, 0.1) is 10.1 Å². The van der Waals surface area contributed by atoms with Crippen LogP contribution in [0.1, 0.15) is 5.56 Å². The molecule has 3 aromatic rings. The fourth-order valence-electron chi connectivity index (χ4n) is 2.37. The Bertz CT molecular complexity index is 1230. The first-order valence-electron chi connectivity index (χ1n) is 7.61. The van der Waals surface area contributed by atoms with Gasteiger partial charge in [0.05, 0.1) is 21.3 Å². The topological polar surface area (TPSA) is 131 Å². The number of aromatic hydroxyl groups is 1. The number of benzene rings is 2.